The van der Waals surface area contributed by atoms with Gasteiger partial charge in [0.2, 0.25) is 0 Å². The Morgan fingerprint density at radius 1 is 1.38 bits per heavy atom. The number of nitrogens with zero attached hydrogens (tertiary/aromatic N) is 2. The number of aromatic nitrogens is 2. The van der Waals surface area contributed by atoms with Crippen LogP contribution in [0.3, 0.4) is 0 Å². The fraction of sp³-hybridized carbons (Fsp3) is 0.286. The molecule has 1 heterocycles. The number of anilines is 1. The quantitative estimate of drug-likeness (QED) is 0.836. The van der Waals surface area contributed by atoms with Gasteiger partial charge in [0, 0.05) is 18.2 Å². The van der Waals surface area contributed by atoms with Crippen LogP contribution in [0.25, 0.3) is 0 Å². The van der Waals surface area contributed by atoms with E-state index in [-0.39, 0.29) is 16.6 Å². The number of nitrogens with one attached hydrogen (secondary N) is 1. The van der Waals surface area contributed by atoms with Gasteiger partial charge in [0.25, 0.3) is 5.56 Å². The van der Waals surface area contributed by atoms with Crippen LogP contribution in [0.15, 0.2) is 33.7 Å². The van der Waals surface area contributed by atoms with Gasteiger partial charge in [-0.2, -0.15) is 5.10 Å². The number of benzene rings is 1. The average Bonchev–Trinajstić information content (AvgIpc) is 2.47. The zero-order chi connectivity index (χ0) is 15.4. The van der Waals surface area contributed by atoms with Gasteiger partial charge in [-0.3, -0.25) is 4.79 Å². The van der Waals surface area contributed by atoms with Crippen molar-refractivity contribution < 1.29 is 8.78 Å². The van der Waals surface area contributed by atoms with Crippen LogP contribution in [-0.4, -0.2) is 16.3 Å². The Bertz CT molecular complexity index is 703. The molecule has 112 valence electrons. The van der Waals surface area contributed by atoms with Crippen LogP contribution >= 0.6 is 15.9 Å². The predicted octanol–water partition coefficient (Wildman–Crippen LogP) is 3.15. The first kappa shape index (κ1) is 15.6. The van der Waals surface area contributed by atoms with Gasteiger partial charge in [-0.25, -0.2) is 13.5 Å². The van der Waals surface area contributed by atoms with Gasteiger partial charge in [-0.05, 0) is 34.5 Å². The minimum absolute atomic E-state index is 0.146. The third-order valence-electron chi connectivity index (χ3n) is 2.90. The minimum Gasteiger partial charge on any atom is -0.384 e. The van der Waals surface area contributed by atoms with Gasteiger partial charge in [0.1, 0.15) is 11.6 Å². The average molecular weight is 358 g/mol. The van der Waals surface area contributed by atoms with Crippen LogP contribution < -0.4 is 10.9 Å². The van der Waals surface area contributed by atoms with E-state index in [1.165, 1.54) is 18.3 Å². The summed E-state index contributed by atoms with van der Waals surface area (Å²) in [7, 11) is 0. The first-order chi connectivity index (χ1) is 10.0. The van der Waals surface area contributed by atoms with E-state index in [0.717, 1.165) is 23.7 Å². The van der Waals surface area contributed by atoms with Crippen molar-refractivity contribution in [1.29, 1.82) is 0 Å². The van der Waals surface area contributed by atoms with E-state index >= 15 is 0 Å². The molecule has 1 N–H and O–H groups in total. The molecule has 2 rings (SSSR count). The maximum absolute atomic E-state index is 13.9. The molecule has 0 radical (unpaired) electrons. The third-order valence-corrected chi connectivity index (χ3v) is 3.51. The Morgan fingerprint density at radius 3 is 2.81 bits per heavy atom. The fourth-order valence-corrected chi connectivity index (χ4v) is 2.15. The maximum Gasteiger partial charge on any atom is 0.269 e. The molecule has 0 amide bonds. The van der Waals surface area contributed by atoms with Crippen LogP contribution in [0.2, 0.25) is 0 Å². The van der Waals surface area contributed by atoms with E-state index in [2.05, 4.69) is 26.3 Å². The summed E-state index contributed by atoms with van der Waals surface area (Å²) < 4.78 is 28.7. The molecule has 0 spiro atoms. The number of hydrogen-bond donors (Lipinski definition) is 1. The summed E-state index contributed by atoms with van der Waals surface area (Å²) in [5.74, 6) is -1.44. The van der Waals surface area contributed by atoms with Crippen LogP contribution in [0.5, 0.6) is 0 Å². The largest absolute Gasteiger partial charge is 0.384 e. The topological polar surface area (TPSA) is 46.9 Å². The molecule has 1 aromatic carbocycles. The molecule has 0 unspecified atom stereocenters. The number of rotatable bonds is 5. The Morgan fingerprint density at radius 2 is 2.14 bits per heavy atom. The molecule has 21 heavy (non-hydrogen) atoms. The summed E-state index contributed by atoms with van der Waals surface area (Å²) in [5, 5.41) is 6.96. The second-order valence-corrected chi connectivity index (χ2v) is 5.34. The highest BCUT2D eigenvalue weighted by Crippen LogP contribution is 2.21. The second kappa shape index (κ2) is 6.80. The molecule has 0 bridgehead atoms. The van der Waals surface area contributed by atoms with E-state index in [1.54, 1.807) is 0 Å². The zero-order valence-electron chi connectivity index (χ0n) is 11.4. The third kappa shape index (κ3) is 3.66. The maximum atomic E-state index is 13.9. The lowest BCUT2D eigenvalue weighted by molar-refractivity contribution is 0.521. The lowest BCUT2D eigenvalue weighted by Crippen LogP contribution is -2.24. The molecule has 0 aliphatic rings. The van der Waals surface area contributed by atoms with Gasteiger partial charge < -0.3 is 5.32 Å². The van der Waals surface area contributed by atoms with Crippen molar-refractivity contribution in [3.05, 3.63) is 56.4 Å². The molecule has 7 heteroatoms. The Hall–Kier alpha value is -1.76. The second-order valence-electron chi connectivity index (χ2n) is 4.49. The van der Waals surface area contributed by atoms with Crippen molar-refractivity contribution in [2.45, 2.75) is 19.9 Å². The molecule has 2 aromatic rings. The summed E-state index contributed by atoms with van der Waals surface area (Å²) in [4.78, 5) is 11.9. The summed E-state index contributed by atoms with van der Waals surface area (Å²) in [6, 6.07) is 3.78. The van der Waals surface area contributed by atoms with Crippen molar-refractivity contribution in [3.8, 4) is 0 Å². The molecule has 0 saturated carbocycles. The van der Waals surface area contributed by atoms with Gasteiger partial charge >= 0.3 is 0 Å². The van der Waals surface area contributed by atoms with Gasteiger partial charge in [0.05, 0.1) is 22.9 Å². The monoisotopic (exact) mass is 357 g/mol. The molecular formula is C14H14BrF2N3O. The van der Waals surface area contributed by atoms with Crippen molar-refractivity contribution in [2.24, 2.45) is 0 Å². The highest BCUT2D eigenvalue weighted by Gasteiger charge is 2.14. The van der Waals surface area contributed by atoms with E-state index < -0.39 is 17.2 Å². The van der Waals surface area contributed by atoms with Gasteiger partial charge in [-0.15, -0.1) is 0 Å². The Kier molecular flexibility index (Phi) is 5.06. The molecule has 0 aliphatic carbocycles. The lowest BCUT2D eigenvalue weighted by atomic mass is 10.2. The van der Waals surface area contributed by atoms with Crippen LogP contribution in [0.1, 0.15) is 18.9 Å². The van der Waals surface area contributed by atoms with E-state index in [0.29, 0.717) is 5.69 Å². The van der Waals surface area contributed by atoms with Crippen molar-refractivity contribution in [2.75, 3.05) is 11.9 Å². The van der Waals surface area contributed by atoms with E-state index in [1.807, 2.05) is 6.92 Å². The number of hydrogen-bond acceptors (Lipinski definition) is 3. The summed E-state index contributed by atoms with van der Waals surface area (Å²) >= 11 is 2.99. The van der Waals surface area contributed by atoms with Crippen LogP contribution in [-0.2, 0) is 6.54 Å². The first-order valence-electron chi connectivity index (χ1n) is 6.46. The van der Waals surface area contributed by atoms with Crippen molar-refractivity contribution >= 4 is 21.6 Å². The van der Waals surface area contributed by atoms with Gasteiger partial charge in [0.15, 0.2) is 0 Å². The lowest BCUT2D eigenvalue weighted by Gasteiger charge is -2.09. The molecular weight excluding hydrogens is 344 g/mol. The van der Waals surface area contributed by atoms with E-state index in [9.17, 15) is 13.6 Å². The Balaban J connectivity index is 2.29. The summed E-state index contributed by atoms with van der Waals surface area (Å²) in [6.45, 7) is 2.46. The van der Waals surface area contributed by atoms with Crippen LogP contribution in [0, 0.1) is 11.6 Å². The molecule has 0 saturated heterocycles. The predicted molar refractivity (Wildman–Crippen MR) is 80.4 cm³/mol. The number of halogens is 3. The normalized spacial score (nSPS) is 10.7. The minimum atomic E-state index is -0.725. The Labute approximate surface area is 128 Å². The molecule has 4 nitrogen and oxygen atoms in total. The van der Waals surface area contributed by atoms with Crippen LogP contribution in [0.4, 0.5) is 14.5 Å². The molecule has 0 fully saturated rings. The first-order valence-corrected chi connectivity index (χ1v) is 7.25. The van der Waals surface area contributed by atoms with Crippen molar-refractivity contribution in [3.63, 3.8) is 0 Å². The SMILES string of the molecule is CCCNc1cnn(Cc2c(F)ccc(Br)c2F)c(=O)c1. The van der Waals surface area contributed by atoms with Crippen molar-refractivity contribution in [1.82, 2.24) is 9.78 Å². The molecule has 1 aromatic heterocycles. The molecule has 0 aliphatic heterocycles. The van der Waals surface area contributed by atoms with Gasteiger partial charge in [-0.1, -0.05) is 6.92 Å². The standard InChI is InChI=1S/C14H14BrF2N3O/c1-2-5-18-9-6-13(21)20(19-7-9)8-10-12(16)4-3-11(15)14(10)17/h3-4,6-7,18H,2,5,8H2,1H3. The fourth-order valence-electron chi connectivity index (χ4n) is 1.78. The highest BCUT2D eigenvalue weighted by molar-refractivity contribution is 9.10. The van der Waals surface area contributed by atoms with E-state index in [4.69, 9.17) is 0 Å². The highest BCUT2D eigenvalue weighted by atomic mass is 79.9. The smallest absolute Gasteiger partial charge is 0.269 e. The summed E-state index contributed by atoms with van der Waals surface area (Å²) in [6.07, 6.45) is 2.38. The summed E-state index contributed by atoms with van der Waals surface area (Å²) in [5.41, 5.74) is -0.0311. The molecule has 0 atom stereocenters. The zero-order valence-corrected chi connectivity index (χ0v) is 13.0.